The molecule has 0 atom stereocenters. The van der Waals surface area contributed by atoms with Crippen molar-refractivity contribution in [1.29, 1.82) is 0 Å². The lowest BCUT2D eigenvalue weighted by Crippen LogP contribution is -2.54. The zero-order chi connectivity index (χ0) is 20.0. The van der Waals surface area contributed by atoms with Crippen LogP contribution in [0.25, 0.3) is 17.0 Å². The Morgan fingerprint density at radius 3 is 2.46 bits per heavy atom. The van der Waals surface area contributed by atoms with Crippen molar-refractivity contribution in [2.45, 2.75) is 6.92 Å². The number of nitrogens with zero attached hydrogens (tertiary/aromatic N) is 2. The zero-order valence-corrected chi connectivity index (χ0v) is 16.8. The maximum Gasteiger partial charge on any atom is 0.270 e. The summed E-state index contributed by atoms with van der Waals surface area (Å²) in [6.45, 7) is 1.96. The molecule has 7 heteroatoms. The zero-order valence-electron chi connectivity index (χ0n) is 15.2. The Bertz CT molecular complexity index is 1180. The molecule has 0 bridgehead atoms. The molecule has 0 radical (unpaired) electrons. The summed E-state index contributed by atoms with van der Waals surface area (Å²) in [5, 5.41) is 4.17. The summed E-state index contributed by atoms with van der Waals surface area (Å²) >= 11 is 11.2. The fourth-order valence-electron chi connectivity index (χ4n) is 3.36. The van der Waals surface area contributed by atoms with Crippen LogP contribution >= 0.6 is 23.8 Å². The van der Waals surface area contributed by atoms with Gasteiger partial charge in [-0.3, -0.25) is 19.8 Å². The largest absolute Gasteiger partial charge is 0.347 e. The van der Waals surface area contributed by atoms with Crippen molar-refractivity contribution in [3.63, 3.8) is 0 Å². The molecule has 1 aliphatic heterocycles. The van der Waals surface area contributed by atoms with E-state index in [0.29, 0.717) is 10.7 Å². The molecule has 28 heavy (non-hydrogen) atoms. The van der Waals surface area contributed by atoms with Gasteiger partial charge in [-0.25, -0.2) is 0 Å². The van der Waals surface area contributed by atoms with E-state index in [1.54, 1.807) is 30.3 Å². The molecule has 0 saturated carbocycles. The fourth-order valence-corrected chi connectivity index (χ4v) is 3.77. The number of fused-ring (bicyclic) bond motifs is 1. The summed E-state index contributed by atoms with van der Waals surface area (Å²) in [5.41, 5.74) is 3.39. The van der Waals surface area contributed by atoms with E-state index in [4.69, 9.17) is 23.8 Å². The van der Waals surface area contributed by atoms with Crippen molar-refractivity contribution in [2.24, 2.45) is 7.05 Å². The highest BCUT2D eigenvalue weighted by Crippen LogP contribution is 2.29. The lowest BCUT2D eigenvalue weighted by molar-refractivity contribution is -0.122. The fraction of sp³-hybridized carbons (Fsp3) is 0.0952. The number of carbonyl (C=O) groups excluding carboxylic acids is 2. The number of aromatic nitrogens is 1. The standard InChI is InChI=1S/C21H16ClN3O2S/c1-12-16(15-5-3-4-6-18(15)24(12)2)11-17-19(26)23-21(28)25(20(17)27)14-9-7-13(22)8-10-14/h3-11H,1-2H3,(H,23,26,28)/b17-11-. The first kappa shape index (κ1) is 18.4. The number of carbonyl (C=O) groups is 2. The Kier molecular flexibility index (Phi) is 4.53. The molecular weight excluding hydrogens is 394 g/mol. The van der Waals surface area contributed by atoms with Crippen LogP contribution in [0, 0.1) is 6.92 Å². The predicted molar refractivity (Wildman–Crippen MR) is 115 cm³/mol. The van der Waals surface area contributed by atoms with Crippen molar-refractivity contribution in [1.82, 2.24) is 9.88 Å². The maximum absolute atomic E-state index is 13.2. The summed E-state index contributed by atoms with van der Waals surface area (Å²) in [5.74, 6) is -0.976. The number of hydrogen-bond acceptors (Lipinski definition) is 3. The topological polar surface area (TPSA) is 54.3 Å². The Balaban J connectivity index is 1.84. The van der Waals surface area contributed by atoms with Gasteiger partial charge in [0.15, 0.2) is 5.11 Å². The summed E-state index contributed by atoms with van der Waals surface area (Å²) < 4.78 is 2.04. The van der Waals surface area contributed by atoms with Crippen LogP contribution in [0.3, 0.4) is 0 Å². The Hall–Kier alpha value is -2.96. The van der Waals surface area contributed by atoms with Gasteiger partial charge in [-0.05, 0) is 55.5 Å². The molecule has 0 unspecified atom stereocenters. The number of anilines is 1. The van der Waals surface area contributed by atoms with Gasteiger partial charge in [-0.2, -0.15) is 0 Å². The molecule has 1 N–H and O–H groups in total. The quantitative estimate of drug-likeness (QED) is 0.396. The van der Waals surface area contributed by atoms with E-state index in [9.17, 15) is 9.59 Å². The molecule has 1 saturated heterocycles. The second-order valence-corrected chi connectivity index (χ2v) is 7.33. The Morgan fingerprint density at radius 2 is 1.75 bits per heavy atom. The predicted octanol–water partition coefficient (Wildman–Crippen LogP) is 3.97. The van der Waals surface area contributed by atoms with Crippen LogP contribution in [0.5, 0.6) is 0 Å². The number of rotatable bonds is 2. The van der Waals surface area contributed by atoms with Crippen LogP contribution in [-0.2, 0) is 16.6 Å². The molecule has 5 nitrogen and oxygen atoms in total. The highest BCUT2D eigenvalue weighted by molar-refractivity contribution is 7.80. The summed E-state index contributed by atoms with van der Waals surface area (Å²) in [7, 11) is 1.96. The van der Waals surface area contributed by atoms with Gasteiger partial charge in [0.25, 0.3) is 11.8 Å². The molecule has 1 aromatic heterocycles. The molecule has 2 heterocycles. The van der Waals surface area contributed by atoms with Gasteiger partial charge in [0.05, 0.1) is 5.69 Å². The van der Waals surface area contributed by atoms with Gasteiger partial charge >= 0.3 is 0 Å². The number of aryl methyl sites for hydroxylation is 1. The van der Waals surface area contributed by atoms with E-state index in [0.717, 1.165) is 22.2 Å². The molecule has 140 valence electrons. The van der Waals surface area contributed by atoms with E-state index in [-0.39, 0.29) is 10.7 Å². The van der Waals surface area contributed by atoms with Crippen LogP contribution in [-0.4, -0.2) is 21.5 Å². The number of thiocarbonyl (C=S) groups is 1. The minimum absolute atomic E-state index is 0.0306. The van der Waals surface area contributed by atoms with Gasteiger partial charge in [-0.1, -0.05) is 29.8 Å². The van der Waals surface area contributed by atoms with Gasteiger partial charge in [0.2, 0.25) is 0 Å². The first-order chi connectivity index (χ1) is 13.4. The SMILES string of the molecule is Cc1c(/C=C2/C(=O)NC(=S)N(c3ccc(Cl)cc3)C2=O)c2ccccc2n1C. The van der Waals surface area contributed by atoms with Crippen molar-refractivity contribution in [3.05, 3.63) is 70.4 Å². The highest BCUT2D eigenvalue weighted by atomic mass is 35.5. The molecule has 1 fully saturated rings. The molecular formula is C21H16ClN3O2S. The number of halogens is 1. The normalized spacial score (nSPS) is 16.2. The molecule has 0 spiro atoms. The molecule has 3 aromatic rings. The number of nitrogens with one attached hydrogen (secondary N) is 1. The van der Waals surface area contributed by atoms with Gasteiger partial charge in [0, 0.05) is 34.2 Å². The monoisotopic (exact) mass is 409 g/mol. The van der Waals surface area contributed by atoms with E-state index in [1.807, 2.05) is 42.8 Å². The second kappa shape index (κ2) is 6.89. The molecule has 4 rings (SSSR count). The number of amides is 2. The smallest absolute Gasteiger partial charge is 0.270 e. The van der Waals surface area contributed by atoms with Crippen LogP contribution in [0.1, 0.15) is 11.3 Å². The van der Waals surface area contributed by atoms with Crippen LogP contribution < -0.4 is 10.2 Å². The molecule has 2 amide bonds. The minimum atomic E-state index is -0.507. The van der Waals surface area contributed by atoms with Crippen LogP contribution in [0.2, 0.25) is 5.02 Å². The van der Waals surface area contributed by atoms with Crippen molar-refractivity contribution >= 4 is 63.4 Å². The van der Waals surface area contributed by atoms with Crippen molar-refractivity contribution < 1.29 is 9.59 Å². The van der Waals surface area contributed by atoms with Crippen LogP contribution in [0.15, 0.2) is 54.1 Å². The first-order valence-electron chi connectivity index (χ1n) is 8.59. The lowest BCUT2D eigenvalue weighted by Gasteiger charge is -2.29. The second-order valence-electron chi connectivity index (χ2n) is 6.51. The van der Waals surface area contributed by atoms with Crippen molar-refractivity contribution in [2.75, 3.05) is 4.90 Å². The van der Waals surface area contributed by atoms with E-state index in [1.165, 1.54) is 4.90 Å². The summed E-state index contributed by atoms with van der Waals surface area (Å²) in [6.07, 6.45) is 1.64. The third-order valence-electron chi connectivity index (χ3n) is 4.92. The summed E-state index contributed by atoms with van der Waals surface area (Å²) in [4.78, 5) is 27.0. The average Bonchev–Trinajstić information content (AvgIpc) is 2.91. The van der Waals surface area contributed by atoms with Crippen LogP contribution in [0.4, 0.5) is 5.69 Å². The Morgan fingerprint density at radius 1 is 1.07 bits per heavy atom. The Labute approximate surface area is 172 Å². The summed E-state index contributed by atoms with van der Waals surface area (Å²) in [6, 6.07) is 14.6. The maximum atomic E-state index is 13.2. The third kappa shape index (κ3) is 2.91. The minimum Gasteiger partial charge on any atom is -0.347 e. The highest BCUT2D eigenvalue weighted by Gasteiger charge is 2.34. The van der Waals surface area contributed by atoms with E-state index in [2.05, 4.69) is 5.32 Å². The van der Waals surface area contributed by atoms with Crippen molar-refractivity contribution in [3.8, 4) is 0 Å². The van der Waals surface area contributed by atoms with Gasteiger partial charge < -0.3 is 4.57 Å². The molecule has 1 aliphatic rings. The molecule has 2 aromatic carbocycles. The number of para-hydroxylation sites is 1. The lowest BCUT2D eigenvalue weighted by atomic mass is 10.0. The first-order valence-corrected chi connectivity index (χ1v) is 9.38. The number of benzene rings is 2. The van der Waals surface area contributed by atoms with E-state index >= 15 is 0 Å². The van der Waals surface area contributed by atoms with E-state index < -0.39 is 11.8 Å². The third-order valence-corrected chi connectivity index (χ3v) is 5.46. The number of hydrogen-bond donors (Lipinski definition) is 1. The van der Waals surface area contributed by atoms with Gasteiger partial charge in [-0.15, -0.1) is 0 Å². The van der Waals surface area contributed by atoms with Gasteiger partial charge in [0.1, 0.15) is 5.57 Å². The molecule has 0 aliphatic carbocycles. The average molecular weight is 410 g/mol.